The number of nitrogens with zero attached hydrogens (tertiary/aromatic N) is 1. The van der Waals surface area contributed by atoms with Gasteiger partial charge in [0.25, 0.3) is 0 Å². The zero-order valence-corrected chi connectivity index (χ0v) is 14.6. The Morgan fingerprint density at radius 1 is 1.21 bits per heavy atom. The molecule has 1 aromatic heterocycles. The number of rotatable bonds is 6. The molecule has 7 heteroatoms. The van der Waals surface area contributed by atoms with Gasteiger partial charge in [0.05, 0.1) is 0 Å². The van der Waals surface area contributed by atoms with E-state index >= 15 is 0 Å². The Balaban J connectivity index is 1.87. The summed E-state index contributed by atoms with van der Waals surface area (Å²) in [6.45, 7) is 5.28. The van der Waals surface area contributed by atoms with Crippen LogP contribution in [0, 0.1) is 12.3 Å². The number of nitrogens with one attached hydrogen (secondary N) is 2. The van der Waals surface area contributed by atoms with Crippen LogP contribution in [0.2, 0.25) is 5.02 Å². The van der Waals surface area contributed by atoms with Crippen LogP contribution in [0.5, 0.6) is 0 Å². The summed E-state index contributed by atoms with van der Waals surface area (Å²) in [5, 5.41) is 9.72. The lowest BCUT2D eigenvalue weighted by atomic mass is 9.91. The molecule has 0 aliphatic heterocycles. The molecule has 128 valence electrons. The number of halogens is 1. The summed E-state index contributed by atoms with van der Waals surface area (Å²) in [7, 11) is 0. The second-order valence-corrected chi connectivity index (χ2v) is 6.47. The molecule has 6 nitrogen and oxygen atoms in total. The highest BCUT2D eigenvalue weighted by Gasteiger charge is 2.36. The fourth-order valence-corrected chi connectivity index (χ4v) is 2.12. The fraction of sp³-hybridized carbons (Fsp3) is 0.353. The van der Waals surface area contributed by atoms with Crippen molar-refractivity contribution in [2.75, 3.05) is 11.9 Å². The molecule has 0 saturated heterocycles. The maximum absolute atomic E-state index is 12.3. The van der Waals surface area contributed by atoms with E-state index in [0.717, 1.165) is 5.56 Å². The minimum atomic E-state index is -1.23. The zero-order valence-electron chi connectivity index (χ0n) is 13.9. The van der Waals surface area contributed by atoms with Gasteiger partial charge in [-0.3, -0.25) is 9.59 Å². The van der Waals surface area contributed by atoms with Crippen LogP contribution in [0.15, 0.2) is 34.9 Å². The third-order valence-corrected chi connectivity index (χ3v) is 3.87. The summed E-state index contributed by atoms with van der Waals surface area (Å²) >= 11 is 5.83. The molecule has 0 aliphatic rings. The number of amides is 2. The summed E-state index contributed by atoms with van der Waals surface area (Å²) in [6.07, 6.45) is 0.656. The van der Waals surface area contributed by atoms with Crippen LogP contribution in [0.1, 0.15) is 25.2 Å². The molecule has 0 radical (unpaired) electrons. The molecule has 0 spiro atoms. The molecule has 0 saturated carbocycles. The number of anilines is 1. The molecule has 2 N–H and O–H groups in total. The predicted molar refractivity (Wildman–Crippen MR) is 91.8 cm³/mol. The fourth-order valence-electron chi connectivity index (χ4n) is 1.99. The normalized spacial score (nSPS) is 11.2. The number of hydrogen-bond donors (Lipinski definition) is 2. The van der Waals surface area contributed by atoms with Crippen LogP contribution in [-0.2, 0) is 16.0 Å². The first-order chi connectivity index (χ1) is 11.3. The summed E-state index contributed by atoms with van der Waals surface area (Å²) in [6, 6.07) is 9.00. The number of hydrogen-bond acceptors (Lipinski definition) is 4. The molecule has 0 aliphatic carbocycles. The van der Waals surface area contributed by atoms with Crippen LogP contribution in [0.3, 0.4) is 0 Å². The highest BCUT2D eigenvalue weighted by molar-refractivity contribution is 6.30. The standard InChI is InChI=1S/C17H20ClN3O3/c1-11-10-14(21-24-11)20-16(23)17(2,3)15(22)19-9-8-12-4-6-13(18)7-5-12/h4-7,10H,8-9H2,1-3H3,(H,19,22)(H,20,21,23). The van der Waals surface area contributed by atoms with E-state index in [1.807, 2.05) is 12.1 Å². The highest BCUT2D eigenvalue weighted by Crippen LogP contribution is 2.19. The third kappa shape index (κ3) is 4.58. The second-order valence-electron chi connectivity index (χ2n) is 6.03. The molecule has 1 heterocycles. The quantitative estimate of drug-likeness (QED) is 0.785. The van der Waals surface area contributed by atoms with Crippen LogP contribution in [0.25, 0.3) is 0 Å². The monoisotopic (exact) mass is 349 g/mol. The van der Waals surface area contributed by atoms with Crippen LogP contribution in [-0.4, -0.2) is 23.5 Å². The molecule has 1 aromatic carbocycles. The Hall–Kier alpha value is -2.34. The predicted octanol–water partition coefficient (Wildman–Crippen LogP) is 2.96. The molecular weight excluding hydrogens is 330 g/mol. The number of carbonyl (C=O) groups excluding carboxylic acids is 2. The van der Waals surface area contributed by atoms with Crippen LogP contribution in [0.4, 0.5) is 5.82 Å². The van der Waals surface area contributed by atoms with Crippen molar-refractivity contribution in [3.05, 3.63) is 46.7 Å². The van der Waals surface area contributed by atoms with Gasteiger partial charge in [0, 0.05) is 17.6 Å². The molecule has 2 amide bonds. The summed E-state index contributed by atoms with van der Waals surface area (Å²) in [5.74, 6) is 0.0732. The van der Waals surface area contributed by atoms with Crippen molar-refractivity contribution in [3.8, 4) is 0 Å². The molecule has 2 aromatic rings. The van der Waals surface area contributed by atoms with Gasteiger partial charge in [-0.15, -0.1) is 0 Å². The van der Waals surface area contributed by atoms with Gasteiger partial charge in [-0.2, -0.15) is 0 Å². The van der Waals surface area contributed by atoms with Crippen molar-refractivity contribution >= 4 is 29.2 Å². The van der Waals surface area contributed by atoms with Crippen molar-refractivity contribution in [2.24, 2.45) is 5.41 Å². The molecule has 0 unspecified atom stereocenters. The molecule has 0 bridgehead atoms. The molecular formula is C17H20ClN3O3. The van der Waals surface area contributed by atoms with Gasteiger partial charge in [-0.05, 0) is 44.9 Å². The molecule has 0 atom stereocenters. The first kappa shape index (κ1) is 18.0. The summed E-state index contributed by atoms with van der Waals surface area (Å²) < 4.78 is 4.89. The Morgan fingerprint density at radius 2 is 1.88 bits per heavy atom. The average Bonchev–Trinajstić information content (AvgIpc) is 2.94. The number of aromatic nitrogens is 1. The Morgan fingerprint density at radius 3 is 2.46 bits per heavy atom. The highest BCUT2D eigenvalue weighted by atomic mass is 35.5. The lowest BCUT2D eigenvalue weighted by molar-refractivity contribution is -0.138. The van der Waals surface area contributed by atoms with Gasteiger partial charge < -0.3 is 15.2 Å². The average molecular weight is 350 g/mol. The maximum Gasteiger partial charge on any atom is 0.240 e. The SMILES string of the molecule is Cc1cc(NC(=O)C(C)(C)C(=O)NCCc2ccc(Cl)cc2)no1. The van der Waals surface area contributed by atoms with Crippen molar-refractivity contribution in [2.45, 2.75) is 27.2 Å². The van der Waals surface area contributed by atoms with E-state index in [4.69, 9.17) is 16.1 Å². The second kappa shape index (κ2) is 7.49. The van der Waals surface area contributed by atoms with Gasteiger partial charge in [0.1, 0.15) is 11.2 Å². The van der Waals surface area contributed by atoms with E-state index in [-0.39, 0.29) is 5.91 Å². The maximum atomic E-state index is 12.3. The van der Waals surface area contributed by atoms with Gasteiger partial charge in [0.15, 0.2) is 5.82 Å². The summed E-state index contributed by atoms with van der Waals surface area (Å²) in [4.78, 5) is 24.6. The van der Waals surface area contributed by atoms with E-state index in [9.17, 15) is 9.59 Å². The topological polar surface area (TPSA) is 84.2 Å². The largest absolute Gasteiger partial charge is 0.360 e. The number of benzene rings is 1. The number of carbonyl (C=O) groups is 2. The van der Waals surface area contributed by atoms with Crippen LogP contribution < -0.4 is 10.6 Å². The van der Waals surface area contributed by atoms with Gasteiger partial charge in [-0.25, -0.2) is 0 Å². The lowest BCUT2D eigenvalue weighted by Gasteiger charge is -2.22. The molecule has 0 fully saturated rings. The van der Waals surface area contributed by atoms with E-state index in [1.165, 1.54) is 0 Å². The van der Waals surface area contributed by atoms with E-state index < -0.39 is 11.3 Å². The Kier molecular flexibility index (Phi) is 5.62. The lowest BCUT2D eigenvalue weighted by Crippen LogP contribution is -2.45. The van der Waals surface area contributed by atoms with E-state index in [2.05, 4.69) is 15.8 Å². The molecule has 2 rings (SSSR count). The smallest absolute Gasteiger partial charge is 0.240 e. The van der Waals surface area contributed by atoms with Crippen molar-refractivity contribution < 1.29 is 14.1 Å². The minimum absolute atomic E-state index is 0.291. The minimum Gasteiger partial charge on any atom is -0.360 e. The van der Waals surface area contributed by atoms with Crippen molar-refractivity contribution in [1.29, 1.82) is 0 Å². The Bertz CT molecular complexity index is 723. The Labute approximate surface area is 145 Å². The van der Waals surface area contributed by atoms with E-state index in [0.29, 0.717) is 29.6 Å². The first-order valence-corrected chi connectivity index (χ1v) is 7.94. The van der Waals surface area contributed by atoms with Crippen LogP contribution >= 0.6 is 11.6 Å². The molecule has 24 heavy (non-hydrogen) atoms. The van der Waals surface area contributed by atoms with Gasteiger partial charge in [0.2, 0.25) is 11.8 Å². The van der Waals surface area contributed by atoms with Gasteiger partial charge in [-0.1, -0.05) is 28.9 Å². The zero-order chi connectivity index (χ0) is 17.7. The first-order valence-electron chi connectivity index (χ1n) is 7.56. The third-order valence-electron chi connectivity index (χ3n) is 3.62. The van der Waals surface area contributed by atoms with Crippen molar-refractivity contribution in [1.82, 2.24) is 10.5 Å². The summed E-state index contributed by atoms with van der Waals surface area (Å²) in [5.41, 5.74) is -0.174. The number of aryl methyl sites for hydroxylation is 1. The van der Waals surface area contributed by atoms with Gasteiger partial charge >= 0.3 is 0 Å². The van der Waals surface area contributed by atoms with E-state index in [1.54, 1.807) is 39.0 Å². The van der Waals surface area contributed by atoms with Crippen molar-refractivity contribution in [3.63, 3.8) is 0 Å².